The number of carbonyl (C=O) groups is 1. The average molecular weight is 320 g/mol. The first-order chi connectivity index (χ1) is 11.1. The maximum Gasteiger partial charge on any atom is 0.338 e. The molecule has 122 valence electrons. The zero-order valence-electron chi connectivity index (χ0n) is 12.9. The highest BCUT2D eigenvalue weighted by atomic mass is 16.7. The highest BCUT2D eigenvalue weighted by molar-refractivity contribution is 5.92. The summed E-state index contributed by atoms with van der Waals surface area (Å²) < 4.78 is 25.9. The lowest BCUT2D eigenvalue weighted by atomic mass is 9.86. The maximum absolute atomic E-state index is 12.3. The van der Waals surface area contributed by atoms with Crippen molar-refractivity contribution in [2.24, 2.45) is 5.73 Å². The summed E-state index contributed by atoms with van der Waals surface area (Å²) in [6.45, 7) is 0. The Bertz CT molecular complexity index is 679. The van der Waals surface area contributed by atoms with Crippen molar-refractivity contribution in [2.75, 3.05) is 21.3 Å². The lowest BCUT2D eigenvalue weighted by Gasteiger charge is -2.29. The van der Waals surface area contributed by atoms with Crippen LogP contribution in [0.15, 0.2) is 45.6 Å². The van der Waals surface area contributed by atoms with Crippen LogP contribution in [0.3, 0.4) is 0 Å². The van der Waals surface area contributed by atoms with Gasteiger partial charge in [0, 0.05) is 14.2 Å². The third kappa shape index (κ3) is 2.92. The number of rotatable bonds is 5. The number of furan rings is 1. The van der Waals surface area contributed by atoms with Crippen LogP contribution >= 0.6 is 0 Å². The molecule has 1 aromatic rings. The third-order valence-electron chi connectivity index (χ3n) is 3.32. The number of ether oxygens (including phenoxy) is 4. The largest absolute Gasteiger partial charge is 0.468 e. The molecule has 1 aromatic heterocycles. The van der Waals surface area contributed by atoms with Crippen LogP contribution in [0, 0.1) is 11.3 Å². The number of allylic oxidation sites excluding steroid dienone is 1. The topological polar surface area (TPSA) is 117 Å². The first-order valence-electron chi connectivity index (χ1n) is 6.57. The second-order valence-electron chi connectivity index (χ2n) is 4.51. The molecule has 8 heteroatoms. The second kappa shape index (κ2) is 7.00. The normalized spacial score (nSPS) is 18.0. The summed E-state index contributed by atoms with van der Waals surface area (Å²) in [4.78, 5) is 12.3. The van der Waals surface area contributed by atoms with E-state index in [1.807, 2.05) is 6.07 Å². The Kier molecular flexibility index (Phi) is 5.05. The molecule has 0 aliphatic carbocycles. The zero-order valence-corrected chi connectivity index (χ0v) is 12.9. The molecule has 0 saturated heterocycles. The van der Waals surface area contributed by atoms with Crippen molar-refractivity contribution >= 4 is 5.97 Å². The molecule has 0 saturated carbocycles. The second-order valence-corrected chi connectivity index (χ2v) is 4.51. The van der Waals surface area contributed by atoms with Crippen molar-refractivity contribution in [1.29, 1.82) is 5.26 Å². The molecule has 2 rings (SSSR count). The molecule has 0 aromatic carbocycles. The highest BCUT2D eigenvalue weighted by Crippen LogP contribution is 2.41. The van der Waals surface area contributed by atoms with Gasteiger partial charge in [0.1, 0.15) is 17.4 Å². The van der Waals surface area contributed by atoms with Crippen LogP contribution < -0.4 is 5.73 Å². The van der Waals surface area contributed by atoms with Crippen molar-refractivity contribution in [3.63, 3.8) is 0 Å². The Labute approximate surface area is 132 Å². The number of esters is 1. The van der Waals surface area contributed by atoms with Crippen LogP contribution in [0.4, 0.5) is 0 Å². The fourth-order valence-electron chi connectivity index (χ4n) is 2.33. The van der Waals surface area contributed by atoms with Crippen molar-refractivity contribution in [2.45, 2.75) is 12.2 Å². The maximum atomic E-state index is 12.3. The molecule has 0 amide bonds. The lowest BCUT2D eigenvalue weighted by molar-refractivity contribution is -0.138. The Morgan fingerprint density at radius 1 is 1.39 bits per heavy atom. The van der Waals surface area contributed by atoms with Gasteiger partial charge in [-0.1, -0.05) is 0 Å². The van der Waals surface area contributed by atoms with Gasteiger partial charge in [0.05, 0.1) is 24.9 Å². The van der Waals surface area contributed by atoms with Crippen LogP contribution in [0.2, 0.25) is 0 Å². The number of nitrogens with two attached hydrogens (primary N) is 1. The first-order valence-corrected chi connectivity index (χ1v) is 6.57. The minimum atomic E-state index is -1.000. The molecule has 1 aliphatic heterocycles. The SMILES string of the molecule is COC(=O)C1=C(C(OC)OC)OC(N)=C(C#N)[C@@H]1c1ccco1. The van der Waals surface area contributed by atoms with E-state index >= 15 is 0 Å². The molecule has 0 radical (unpaired) electrons. The predicted octanol–water partition coefficient (Wildman–Crippen LogP) is 1.13. The number of hydrogen-bond donors (Lipinski definition) is 1. The van der Waals surface area contributed by atoms with Crippen LogP contribution in [0.25, 0.3) is 0 Å². The van der Waals surface area contributed by atoms with Crippen LogP contribution in [0.5, 0.6) is 0 Å². The van der Waals surface area contributed by atoms with Gasteiger partial charge in [-0.05, 0) is 12.1 Å². The summed E-state index contributed by atoms with van der Waals surface area (Å²) in [6.07, 6.45) is 0.426. The standard InChI is InChI=1S/C15H16N2O6/c1-19-14(18)11-10(9-5-4-6-22-9)8(7-16)13(17)23-12(11)15(20-2)21-3/h4-6,10,15H,17H2,1-3H3/t10-/m1/s1. The molecule has 1 atom stereocenters. The van der Waals surface area contributed by atoms with E-state index in [0.29, 0.717) is 5.76 Å². The molecule has 1 aliphatic rings. The van der Waals surface area contributed by atoms with Gasteiger partial charge in [-0.3, -0.25) is 0 Å². The Morgan fingerprint density at radius 3 is 2.57 bits per heavy atom. The molecule has 2 N–H and O–H groups in total. The van der Waals surface area contributed by atoms with Crippen molar-refractivity contribution in [1.82, 2.24) is 0 Å². The van der Waals surface area contributed by atoms with Gasteiger partial charge in [-0.15, -0.1) is 0 Å². The van der Waals surface area contributed by atoms with Gasteiger partial charge < -0.3 is 29.1 Å². The van der Waals surface area contributed by atoms with Gasteiger partial charge in [0.2, 0.25) is 12.2 Å². The average Bonchev–Trinajstić information content (AvgIpc) is 3.08. The Balaban J connectivity index is 2.69. The fraction of sp³-hybridized carbons (Fsp3) is 0.333. The predicted molar refractivity (Wildman–Crippen MR) is 76.2 cm³/mol. The summed E-state index contributed by atoms with van der Waals surface area (Å²) >= 11 is 0. The third-order valence-corrected chi connectivity index (χ3v) is 3.32. The Hall–Kier alpha value is -2.76. The van der Waals surface area contributed by atoms with E-state index in [1.165, 1.54) is 27.6 Å². The number of hydrogen-bond acceptors (Lipinski definition) is 8. The molecule has 0 fully saturated rings. The van der Waals surface area contributed by atoms with E-state index in [9.17, 15) is 10.1 Å². The van der Waals surface area contributed by atoms with E-state index in [0.717, 1.165) is 0 Å². The van der Waals surface area contributed by atoms with E-state index in [2.05, 4.69) is 0 Å². The molecule has 0 unspecified atom stereocenters. The molecule has 0 spiro atoms. The monoisotopic (exact) mass is 320 g/mol. The van der Waals surface area contributed by atoms with E-state index in [1.54, 1.807) is 12.1 Å². The van der Waals surface area contributed by atoms with Crippen LogP contribution in [-0.2, 0) is 23.7 Å². The lowest BCUT2D eigenvalue weighted by Crippen LogP contribution is -2.31. The minimum absolute atomic E-state index is 0.0137. The van der Waals surface area contributed by atoms with Gasteiger partial charge in [0.15, 0.2) is 5.76 Å². The minimum Gasteiger partial charge on any atom is -0.468 e. The smallest absolute Gasteiger partial charge is 0.338 e. The van der Waals surface area contributed by atoms with Gasteiger partial charge in [-0.2, -0.15) is 5.26 Å². The summed E-state index contributed by atoms with van der Waals surface area (Å²) in [5.41, 5.74) is 5.89. The molecular formula is C15H16N2O6. The summed E-state index contributed by atoms with van der Waals surface area (Å²) in [5, 5.41) is 9.40. The van der Waals surface area contributed by atoms with Crippen molar-refractivity contribution < 1.29 is 28.2 Å². The van der Waals surface area contributed by atoms with Gasteiger partial charge in [0.25, 0.3) is 0 Å². The van der Waals surface area contributed by atoms with E-state index in [4.69, 9.17) is 29.1 Å². The first kappa shape index (κ1) is 16.6. The number of carbonyl (C=O) groups excluding carboxylic acids is 1. The summed E-state index contributed by atoms with van der Waals surface area (Å²) in [5.74, 6) is -1.38. The van der Waals surface area contributed by atoms with Crippen molar-refractivity contribution in [3.05, 3.63) is 46.9 Å². The summed E-state index contributed by atoms with van der Waals surface area (Å²) in [7, 11) is 3.97. The quantitative estimate of drug-likeness (QED) is 0.634. The molecule has 8 nitrogen and oxygen atoms in total. The van der Waals surface area contributed by atoms with Gasteiger partial charge >= 0.3 is 5.97 Å². The molecule has 0 bridgehead atoms. The van der Waals surface area contributed by atoms with E-state index < -0.39 is 18.2 Å². The number of nitrogens with zero attached hydrogens (tertiary/aromatic N) is 1. The number of methoxy groups -OCH3 is 3. The Morgan fingerprint density at radius 2 is 2.09 bits per heavy atom. The van der Waals surface area contributed by atoms with Crippen LogP contribution in [0.1, 0.15) is 11.7 Å². The highest BCUT2D eigenvalue weighted by Gasteiger charge is 2.41. The van der Waals surface area contributed by atoms with Crippen molar-refractivity contribution in [3.8, 4) is 6.07 Å². The molecular weight excluding hydrogens is 304 g/mol. The van der Waals surface area contributed by atoms with Crippen LogP contribution in [-0.4, -0.2) is 33.6 Å². The fourth-order valence-corrected chi connectivity index (χ4v) is 2.33. The summed E-state index contributed by atoms with van der Waals surface area (Å²) in [6, 6.07) is 5.20. The molecule has 23 heavy (non-hydrogen) atoms. The number of nitriles is 1. The van der Waals surface area contributed by atoms with E-state index in [-0.39, 0.29) is 22.8 Å². The van der Waals surface area contributed by atoms with Gasteiger partial charge in [-0.25, -0.2) is 4.79 Å². The molecule has 2 heterocycles. The zero-order chi connectivity index (χ0) is 17.0.